The van der Waals surface area contributed by atoms with Gasteiger partial charge in [-0.15, -0.1) is 0 Å². The first-order chi connectivity index (χ1) is 30.2. The minimum Gasteiger partial charge on any atom is -0.468 e. The minimum atomic E-state index is -1.45. The van der Waals surface area contributed by atoms with Crippen molar-refractivity contribution in [3.63, 3.8) is 0 Å². The molecule has 1 aliphatic heterocycles. The van der Waals surface area contributed by atoms with Gasteiger partial charge >= 0.3 is 41.8 Å². The predicted octanol–water partition coefficient (Wildman–Crippen LogP) is 5.55. The maximum absolute atomic E-state index is 13.2. The third-order valence-corrected chi connectivity index (χ3v) is 16.6. The number of hydrogen-bond donors (Lipinski definition) is 1. The average Bonchev–Trinajstić information content (AvgIpc) is 3.57. The Morgan fingerprint density at radius 3 is 1.85 bits per heavy atom. The molecule has 0 aromatic heterocycles. The monoisotopic (exact) mass is 922 g/mol. The van der Waals surface area contributed by atoms with E-state index >= 15 is 0 Å². The summed E-state index contributed by atoms with van der Waals surface area (Å²) in [6.07, 6.45) is -1.24. The fourth-order valence-electron chi connectivity index (χ4n) is 13.8. The number of carbonyl (C=O) groups excluding carboxylic acids is 7. The highest BCUT2D eigenvalue weighted by molar-refractivity contribution is 5.71. The zero-order chi connectivity index (χ0) is 48.4. The maximum Gasteiger partial charge on any atom is 0.319 e. The van der Waals surface area contributed by atoms with Gasteiger partial charge in [-0.05, 0) is 105 Å². The lowest BCUT2D eigenvalue weighted by Crippen LogP contribution is -2.67. The van der Waals surface area contributed by atoms with E-state index in [4.69, 9.17) is 42.6 Å². The largest absolute Gasteiger partial charge is 0.468 e. The van der Waals surface area contributed by atoms with Crippen LogP contribution in [-0.4, -0.2) is 117 Å². The fourth-order valence-corrected chi connectivity index (χ4v) is 13.8. The number of hydrogen-bond acceptors (Lipinski definition) is 17. The first-order valence-electron chi connectivity index (χ1n) is 23.3. The number of rotatable bonds is 16. The standard InChI is InChI=1S/C48H75NO16/c1-26(50)58-25-34-40(61-29(4)53)41(62-30(5)54)42(63-31(6)55)43(64-34)65-48(12,18-14-22-49-24-38(56)57-13)32-15-20-47(11)39(32)33(59-27(2)51)23-36-45(9)19-17-37(60-28(3)52)44(7,8)35(45)16-21-46(36,47)10/h32-37,39-43,49H,14-25H2,1-13H3/t32?,33?,34-,35?,36?,37+,39+,40-,41+,42-,43-,45+,46-,47-,48+/m1/s1. The second-order valence-corrected chi connectivity index (χ2v) is 20.9. The Morgan fingerprint density at radius 1 is 0.677 bits per heavy atom. The van der Waals surface area contributed by atoms with Crippen LogP contribution in [-0.2, 0) is 76.2 Å². The van der Waals surface area contributed by atoms with E-state index in [1.165, 1.54) is 41.7 Å². The Bertz CT molecular complexity index is 1800. The summed E-state index contributed by atoms with van der Waals surface area (Å²) >= 11 is 0. The summed E-state index contributed by atoms with van der Waals surface area (Å²) in [6.45, 7) is 21.2. The molecule has 0 amide bonds. The van der Waals surface area contributed by atoms with Gasteiger partial charge in [0.1, 0.15) is 24.9 Å². The number of fused-ring (bicyclic) bond motifs is 5. The Hall–Kier alpha value is -3.83. The molecule has 65 heavy (non-hydrogen) atoms. The van der Waals surface area contributed by atoms with Crippen LogP contribution in [0.4, 0.5) is 0 Å². The number of nitrogens with one attached hydrogen (secondary N) is 1. The van der Waals surface area contributed by atoms with Crippen LogP contribution in [0.25, 0.3) is 0 Å². The molecule has 0 aromatic rings. The summed E-state index contributed by atoms with van der Waals surface area (Å²) < 4.78 is 53.7. The van der Waals surface area contributed by atoms with Gasteiger partial charge in [0.2, 0.25) is 0 Å². The summed E-state index contributed by atoms with van der Waals surface area (Å²) in [5.41, 5.74) is -2.16. The van der Waals surface area contributed by atoms with E-state index in [2.05, 4.69) is 39.9 Å². The van der Waals surface area contributed by atoms with Crippen LogP contribution in [0.5, 0.6) is 0 Å². The highest BCUT2D eigenvalue weighted by Crippen LogP contribution is 2.76. The fraction of sp³-hybridized carbons (Fsp3) is 0.854. The molecule has 1 N–H and O–H groups in total. The number of esters is 7. The molecular weight excluding hydrogens is 847 g/mol. The van der Waals surface area contributed by atoms with Gasteiger partial charge in [-0.1, -0.05) is 34.6 Å². The lowest BCUT2D eigenvalue weighted by Gasteiger charge is -2.70. The lowest BCUT2D eigenvalue weighted by atomic mass is 9.35. The van der Waals surface area contributed by atoms with E-state index in [0.29, 0.717) is 32.2 Å². The first-order valence-corrected chi connectivity index (χ1v) is 23.3. The zero-order valence-corrected chi connectivity index (χ0v) is 40.9. The summed E-state index contributed by atoms with van der Waals surface area (Å²) in [5.74, 6) is -4.10. The van der Waals surface area contributed by atoms with E-state index in [1.54, 1.807) is 0 Å². The van der Waals surface area contributed by atoms with Crippen molar-refractivity contribution >= 4 is 41.8 Å². The lowest BCUT2D eigenvalue weighted by molar-refractivity contribution is -0.339. The third kappa shape index (κ3) is 10.7. The number of methoxy groups -OCH3 is 1. The molecule has 0 bridgehead atoms. The van der Waals surface area contributed by atoms with Crippen molar-refractivity contribution in [2.24, 2.45) is 45.3 Å². The normalized spacial score (nSPS) is 38.0. The Morgan fingerprint density at radius 2 is 1.26 bits per heavy atom. The van der Waals surface area contributed by atoms with E-state index in [-0.39, 0.29) is 63.9 Å². The van der Waals surface area contributed by atoms with Crippen LogP contribution in [0.2, 0.25) is 0 Å². The summed E-state index contributed by atoms with van der Waals surface area (Å²) in [6, 6.07) is 0. The van der Waals surface area contributed by atoms with Crippen molar-refractivity contribution in [2.45, 2.75) is 189 Å². The molecule has 5 rings (SSSR count). The molecular formula is C48H75NO16. The highest BCUT2D eigenvalue weighted by atomic mass is 16.7. The van der Waals surface area contributed by atoms with Gasteiger partial charge in [0.15, 0.2) is 24.6 Å². The van der Waals surface area contributed by atoms with E-state index in [1.807, 2.05) is 6.92 Å². The van der Waals surface area contributed by atoms with Crippen LogP contribution in [0, 0.1) is 45.3 Å². The van der Waals surface area contributed by atoms with Gasteiger partial charge in [0, 0.05) is 52.9 Å². The van der Waals surface area contributed by atoms with Crippen LogP contribution < -0.4 is 5.32 Å². The molecule has 1 saturated heterocycles. The van der Waals surface area contributed by atoms with Crippen molar-refractivity contribution < 1.29 is 76.2 Å². The third-order valence-electron chi connectivity index (χ3n) is 16.6. The van der Waals surface area contributed by atoms with Gasteiger partial charge in [-0.2, -0.15) is 0 Å². The molecule has 17 nitrogen and oxygen atoms in total. The molecule has 0 radical (unpaired) electrons. The second kappa shape index (κ2) is 20.2. The van der Waals surface area contributed by atoms with Gasteiger partial charge in [-0.25, -0.2) is 0 Å². The quantitative estimate of drug-likeness (QED) is 0.114. The summed E-state index contributed by atoms with van der Waals surface area (Å²) in [4.78, 5) is 87.8. The van der Waals surface area contributed by atoms with Gasteiger partial charge in [-0.3, -0.25) is 33.6 Å². The molecule has 4 unspecified atom stereocenters. The Labute approximate surface area is 384 Å². The molecule has 15 atom stereocenters. The van der Waals surface area contributed by atoms with Crippen molar-refractivity contribution in [1.82, 2.24) is 5.32 Å². The predicted molar refractivity (Wildman–Crippen MR) is 231 cm³/mol. The molecule has 0 spiro atoms. The van der Waals surface area contributed by atoms with E-state index < -0.39 is 84.8 Å². The zero-order valence-electron chi connectivity index (χ0n) is 40.9. The number of carbonyl (C=O) groups is 7. The Balaban J connectivity index is 1.60. The van der Waals surface area contributed by atoms with Crippen LogP contribution in [0.1, 0.15) is 141 Å². The number of ether oxygens (including phenoxy) is 9. The highest BCUT2D eigenvalue weighted by Gasteiger charge is 2.73. The molecule has 1 heterocycles. The Kier molecular flexibility index (Phi) is 16.2. The maximum atomic E-state index is 13.2. The first kappa shape index (κ1) is 52.1. The molecule has 368 valence electrons. The molecule has 17 heteroatoms. The SMILES string of the molecule is COC(=O)CNCCC[C@](C)(O[C@H]1O[C@H](COC(C)=O)[C@@H](OC(C)=O)[C@H](OC(C)=O)[C@H]1OC(C)=O)C1CC[C@]2(C)[C@@H]1C(OC(C)=O)CC1[C@@]3(C)CC[C@H](OC(C)=O)C(C)(C)C3CC[C@]12C. The van der Waals surface area contributed by atoms with Crippen molar-refractivity contribution in [3.8, 4) is 0 Å². The second-order valence-electron chi connectivity index (χ2n) is 20.9. The van der Waals surface area contributed by atoms with E-state index in [0.717, 1.165) is 39.0 Å². The molecule has 0 aromatic carbocycles. The van der Waals surface area contributed by atoms with Gasteiger partial charge < -0.3 is 47.9 Å². The van der Waals surface area contributed by atoms with E-state index in [9.17, 15) is 33.6 Å². The van der Waals surface area contributed by atoms with Gasteiger partial charge in [0.25, 0.3) is 0 Å². The summed E-state index contributed by atoms with van der Waals surface area (Å²) in [5, 5.41) is 3.14. The molecule has 5 aliphatic rings. The van der Waals surface area contributed by atoms with Crippen LogP contribution in [0.3, 0.4) is 0 Å². The van der Waals surface area contributed by atoms with Crippen molar-refractivity contribution in [2.75, 3.05) is 26.8 Å². The van der Waals surface area contributed by atoms with Crippen LogP contribution >= 0.6 is 0 Å². The van der Waals surface area contributed by atoms with Crippen LogP contribution in [0.15, 0.2) is 0 Å². The average molecular weight is 922 g/mol. The van der Waals surface area contributed by atoms with Crippen molar-refractivity contribution in [3.05, 3.63) is 0 Å². The topological polar surface area (TPSA) is 215 Å². The van der Waals surface area contributed by atoms with Gasteiger partial charge in [0.05, 0.1) is 19.3 Å². The molecule has 5 fully saturated rings. The molecule has 4 saturated carbocycles. The molecule has 4 aliphatic carbocycles. The van der Waals surface area contributed by atoms with Crippen molar-refractivity contribution in [1.29, 1.82) is 0 Å². The minimum absolute atomic E-state index is 0.00957. The smallest absolute Gasteiger partial charge is 0.319 e. The summed E-state index contributed by atoms with van der Waals surface area (Å²) in [7, 11) is 1.32.